The van der Waals surface area contributed by atoms with Crippen LogP contribution in [0.5, 0.6) is 0 Å². The number of hydrogen-bond acceptors (Lipinski definition) is 3. The summed E-state index contributed by atoms with van der Waals surface area (Å²) < 4.78 is 27.1. The number of nitrogens with one attached hydrogen (secondary N) is 1. The van der Waals surface area contributed by atoms with E-state index in [0.29, 0.717) is 5.69 Å². The van der Waals surface area contributed by atoms with Crippen LogP contribution in [0.1, 0.15) is 24.2 Å². The summed E-state index contributed by atoms with van der Waals surface area (Å²) in [6.07, 6.45) is 0. The van der Waals surface area contributed by atoms with Gasteiger partial charge in [0.05, 0.1) is 15.5 Å². The molecule has 2 rings (SSSR count). The van der Waals surface area contributed by atoms with E-state index in [9.17, 15) is 13.2 Å². The Hall–Kier alpha value is -1.89. The van der Waals surface area contributed by atoms with Crippen molar-refractivity contribution in [3.8, 4) is 0 Å². The van der Waals surface area contributed by atoms with Crippen LogP contribution in [-0.2, 0) is 10.0 Å². The van der Waals surface area contributed by atoms with Crippen LogP contribution in [-0.4, -0.2) is 27.4 Å². The molecule has 2 aromatic carbocycles. The summed E-state index contributed by atoms with van der Waals surface area (Å²) in [6, 6.07) is 12.9. The quantitative estimate of drug-likeness (QED) is 0.882. The van der Waals surface area contributed by atoms with E-state index in [1.165, 1.54) is 23.1 Å². The Kier molecular flexibility index (Phi) is 5.64. The second-order valence-electron chi connectivity index (χ2n) is 5.62. The van der Waals surface area contributed by atoms with Crippen LogP contribution in [0, 0.1) is 0 Å². The van der Waals surface area contributed by atoms with Gasteiger partial charge >= 0.3 is 0 Å². The minimum atomic E-state index is -3.70. The van der Waals surface area contributed by atoms with Crippen molar-refractivity contribution < 1.29 is 13.2 Å². The number of carbonyl (C=O) groups excluding carboxylic acids is 1. The molecule has 0 atom stereocenters. The highest BCUT2D eigenvalue weighted by molar-refractivity contribution is 7.89. The molecule has 0 heterocycles. The Bertz CT molecular complexity index is 836. The monoisotopic (exact) mass is 366 g/mol. The highest BCUT2D eigenvalue weighted by atomic mass is 35.5. The summed E-state index contributed by atoms with van der Waals surface area (Å²) in [5.41, 5.74) is 0.821. The number of amides is 1. The zero-order valence-electron chi connectivity index (χ0n) is 13.7. The number of benzene rings is 2. The van der Waals surface area contributed by atoms with Crippen molar-refractivity contribution in [1.82, 2.24) is 4.72 Å². The number of anilines is 1. The maximum atomic E-state index is 12.7. The van der Waals surface area contributed by atoms with Gasteiger partial charge in [-0.1, -0.05) is 29.8 Å². The lowest BCUT2D eigenvalue weighted by Crippen LogP contribution is -2.31. The minimum Gasteiger partial charge on any atom is -0.311 e. The Balaban J connectivity index is 2.40. The third kappa shape index (κ3) is 4.14. The van der Waals surface area contributed by atoms with Gasteiger partial charge in [-0.05, 0) is 44.2 Å². The molecule has 2 aromatic rings. The van der Waals surface area contributed by atoms with Crippen molar-refractivity contribution in [2.24, 2.45) is 0 Å². The summed E-state index contributed by atoms with van der Waals surface area (Å²) in [5.74, 6) is -0.382. The van der Waals surface area contributed by atoms with Gasteiger partial charge in [-0.25, -0.2) is 13.1 Å². The molecule has 24 heavy (non-hydrogen) atoms. The maximum absolute atomic E-state index is 12.7. The fraction of sp³-hybridized carbons (Fsp3) is 0.235. The van der Waals surface area contributed by atoms with Gasteiger partial charge in [-0.2, -0.15) is 0 Å². The molecule has 0 radical (unpaired) electrons. The molecule has 0 fully saturated rings. The summed E-state index contributed by atoms with van der Waals surface area (Å²) in [7, 11) is -2.09. The molecule has 0 aromatic heterocycles. The number of carbonyl (C=O) groups is 1. The van der Waals surface area contributed by atoms with Gasteiger partial charge in [0, 0.05) is 18.8 Å². The molecule has 0 aliphatic heterocycles. The lowest BCUT2D eigenvalue weighted by Gasteiger charge is -2.18. The van der Waals surface area contributed by atoms with E-state index in [1.54, 1.807) is 33.0 Å². The van der Waals surface area contributed by atoms with Crippen molar-refractivity contribution in [3.05, 3.63) is 59.1 Å². The fourth-order valence-corrected chi connectivity index (χ4v) is 3.64. The highest BCUT2D eigenvalue weighted by Crippen LogP contribution is 2.24. The Morgan fingerprint density at radius 1 is 1.12 bits per heavy atom. The normalized spacial score (nSPS) is 11.5. The molecular weight excluding hydrogens is 348 g/mol. The van der Waals surface area contributed by atoms with E-state index in [2.05, 4.69) is 4.72 Å². The predicted octanol–water partition coefficient (Wildman–Crippen LogP) is 3.30. The van der Waals surface area contributed by atoms with Gasteiger partial charge < -0.3 is 4.90 Å². The molecule has 0 saturated heterocycles. The Morgan fingerprint density at radius 3 is 2.33 bits per heavy atom. The third-order valence-corrected chi connectivity index (χ3v) is 5.30. The molecule has 5 nitrogen and oxygen atoms in total. The number of halogens is 1. The highest BCUT2D eigenvalue weighted by Gasteiger charge is 2.21. The Labute approximate surface area is 147 Å². The van der Waals surface area contributed by atoms with E-state index in [4.69, 9.17) is 11.6 Å². The average Bonchev–Trinajstić information content (AvgIpc) is 2.53. The van der Waals surface area contributed by atoms with Gasteiger partial charge in [0.15, 0.2) is 0 Å². The molecule has 128 valence electrons. The lowest BCUT2D eigenvalue weighted by molar-refractivity contribution is 0.0993. The summed E-state index contributed by atoms with van der Waals surface area (Å²) in [4.78, 5) is 14.1. The first kappa shape index (κ1) is 18.4. The number of hydrogen-bond donors (Lipinski definition) is 1. The molecule has 0 unspecified atom stereocenters. The van der Waals surface area contributed by atoms with Crippen molar-refractivity contribution in [1.29, 1.82) is 0 Å². The van der Waals surface area contributed by atoms with Crippen LogP contribution in [0.4, 0.5) is 5.69 Å². The number of para-hydroxylation sites is 1. The lowest BCUT2D eigenvalue weighted by atomic mass is 10.2. The zero-order valence-corrected chi connectivity index (χ0v) is 15.2. The molecule has 1 N–H and O–H groups in total. The average molecular weight is 367 g/mol. The summed E-state index contributed by atoms with van der Waals surface area (Å²) >= 11 is 6.12. The van der Waals surface area contributed by atoms with E-state index in [-0.39, 0.29) is 27.4 Å². The fourth-order valence-electron chi connectivity index (χ4n) is 2.16. The third-order valence-electron chi connectivity index (χ3n) is 3.32. The van der Waals surface area contributed by atoms with Gasteiger partial charge in [0.1, 0.15) is 0 Å². The SMILES string of the molecule is CC(C)NS(=O)(=O)c1ccc(Cl)c(C(=O)N(C)c2ccccc2)c1. The van der Waals surface area contributed by atoms with Crippen LogP contribution in [0.15, 0.2) is 53.4 Å². The molecule has 0 aliphatic carbocycles. The summed E-state index contributed by atoms with van der Waals surface area (Å²) in [6.45, 7) is 3.45. The molecule has 1 amide bonds. The second-order valence-corrected chi connectivity index (χ2v) is 7.74. The topological polar surface area (TPSA) is 66.5 Å². The standard InChI is InChI=1S/C17H19ClN2O3S/c1-12(2)19-24(22,23)14-9-10-16(18)15(11-14)17(21)20(3)13-7-5-4-6-8-13/h4-12,19H,1-3H3. The van der Waals surface area contributed by atoms with Crippen LogP contribution in [0.2, 0.25) is 5.02 Å². The molecule has 0 aliphatic rings. The Morgan fingerprint density at radius 2 is 1.75 bits per heavy atom. The van der Waals surface area contributed by atoms with Gasteiger partial charge in [0.25, 0.3) is 5.91 Å². The number of sulfonamides is 1. The van der Waals surface area contributed by atoms with Crippen molar-refractivity contribution >= 4 is 33.2 Å². The molecule has 7 heteroatoms. The minimum absolute atomic E-state index is 0.00501. The van der Waals surface area contributed by atoms with Gasteiger partial charge in [-0.15, -0.1) is 0 Å². The first-order chi connectivity index (χ1) is 11.2. The van der Waals surface area contributed by atoms with E-state index >= 15 is 0 Å². The summed E-state index contributed by atoms with van der Waals surface area (Å²) in [5, 5.41) is 0.200. The molecule has 0 spiro atoms. The van der Waals surface area contributed by atoms with Crippen LogP contribution >= 0.6 is 11.6 Å². The van der Waals surface area contributed by atoms with Gasteiger partial charge in [-0.3, -0.25) is 4.79 Å². The van der Waals surface area contributed by atoms with E-state index in [1.807, 2.05) is 18.2 Å². The first-order valence-electron chi connectivity index (χ1n) is 7.37. The van der Waals surface area contributed by atoms with Crippen molar-refractivity contribution in [2.75, 3.05) is 11.9 Å². The molecular formula is C17H19ClN2O3S. The number of rotatable bonds is 5. The van der Waals surface area contributed by atoms with Crippen molar-refractivity contribution in [3.63, 3.8) is 0 Å². The maximum Gasteiger partial charge on any atom is 0.259 e. The molecule has 0 saturated carbocycles. The van der Waals surface area contributed by atoms with Crippen LogP contribution in [0.25, 0.3) is 0 Å². The van der Waals surface area contributed by atoms with E-state index < -0.39 is 10.0 Å². The largest absolute Gasteiger partial charge is 0.311 e. The van der Waals surface area contributed by atoms with E-state index in [0.717, 1.165) is 0 Å². The predicted molar refractivity (Wildman–Crippen MR) is 96.1 cm³/mol. The van der Waals surface area contributed by atoms with Gasteiger partial charge in [0.2, 0.25) is 10.0 Å². The van der Waals surface area contributed by atoms with Crippen LogP contribution in [0.3, 0.4) is 0 Å². The molecule has 0 bridgehead atoms. The second kappa shape index (κ2) is 7.34. The smallest absolute Gasteiger partial charge is 0.259 e. The van der Waals surface area contributed by atoms with Crippen LogP contribution < -0.4 is 9.62 Å². The number of nitrogens with zero attached hydrogens (tertiary/aromatic N) is 1. The first-order valence-corrected chi connectivity index (χ1v) is 9.23. The van der Waals surface area contributed by atoms with Crippen molar-refractivity contribution in [2.45, 2.75) is 24.8 Å². The zero-order chi connectivity index (χ0) is 17.9.